The van der Waals surface area contributed by atoms with Gasteiger partial charge in [0.15, 0.2) is 0 Å². The number of carboxylic acid groups (broad SMARTS) is 1. The predicted molar refractivity (Wildman–Crippen MR) is 78.5 cm³/mol. The molecule has 0 aliphatic rings. The topological polar surface area (TPSA) is 75.6 Å². The minimum absolute atomic E-state index is 0. The molecule has 0 aliphatic heterocycles. The van der Waals surface area contributed by atoms with Crippen LogP contribution in [0.5, 0.6) is 0 Å². The quantitative estimate of drug-likeness (QED) is 0.752. The van der Waals surface area contributed by atoms with Crippen LogP contribution in [0.2, 0.25) is 0 Å². The van der Waals surface area contributed by atoms with Crippen molar-refractivity contribution in [2.24, 2.45) is 0 Å². The van der Waals surface area contributed by atoms with Gasteiger partial charge in [0.05, 0.1) is 12.2 Å². The van der Waals surface area contributed by atoms with Crippen molar-refractivity contribution < 1.29 is 19.4 Å². The minimum atomic E-state index is -0.958. The zero-order valence-electron chi connectivity index (χ0n) is 11.6. The molecule has 0 radical (unpaired) electrons. The number of halogens is 1. The van der Waals surface area contributed by atoms with E-state index < -0.39 is 12.0 Å². The molecule has 1 aromatic carbocycles. The number of carbonyl (C=O) groups is 2. The summed E-state index contributed by atoms with van der Waals surface area (Å²) in [6, 6.07) is 6.10. The number of ether oxygens (including phenoxy) is 1. The third kappa shape index (κ3) is 5.59. The van der Waals surface area contributed by atoms with Crippen LogP contribution in [0.25, 0.3) is 0 Å². The second kappa shape index (κ2) is 9.34. The number of carbonyl (C=O) groups excluding carboxylic acids is 1. The van der Waals surface area contributed by atoms with E-state index in [1.54, 1.807) is 19.1 Å². The Labute approximate surface area is 124 Å². The van der Waals surface area contributed by atoms with E-state index in [1.165, 1.54) is 12.1 Å². The molecule has 20 heavy (non-hydrogen) atoms. The van der Waals surface area contributed by atoms with Crippen molar-refractivity contribution >= 4 is 24.3 Å². The highest BCUT2D eigenvalue weighted by Crippen LogP contribution is 2.08. The number of benzene rings is 1. The Morgan fingerprint density at radius 1 is 1.25 bits per heavy atom. The molecule has 1 aromatic rings. The van der Waals surface area contributed by atoms with Crippen molar-refractivity contribution in [3.63, 3.8) is 0 Å². The van der Waals surface area contributed by atoms with Gasteiger partial charge in [-0.05, 0) is 37.6 Å². The molecule has 0 saturated heterocycles. The Morgan fingerprint density at radius 3 is 2.30 bits per heavy atom. The number of esters is 1. The van der Waals surface area contributed by atoms with E-state index in [4.69, 9.17) is 9.84 Å². The van der Waals surface area contributed by atoms with Crippen molar-refractivity contribution in [1.29, 1.82) is 0 Å². The fraction of sp³-hybridized carbons (Fsp3) is 0.429. The molecule has 0 saturated carbocycles. The van der Waals surface area contributed by atoms with Crippen molar-refractivity contribution in [2.45, 2.75) is 26.3 Å². The average Bonchev–Trinajstić information content (AvgIpc) is 2.39. The first-order valence-electron chi connectivity index (χ1n) is 6.30. The highest BCUT2D eigenvalue weighted by atomic mass is 35.5. The number of hydrogen-bond acceptors (Lipinski definition) is 4. The van der Waals surface area contributed by atoms with Gasteiger partial charge in [0.25, 0.3) is 0 Å². The minimum Gasteiger partial charge on any atom is -0.478 e. The molecule has 0 unspecified atom stereocenters. The van der Waals surface area contributed by atoms with Gasteiger partial charge in [0.1, 0.15) is 6.04 Å². The van der Waals surface area contributed by atoms with Crippen LogP contribution in [0.3, 0.4) is 0 Å². The fourth-order valence-electron chi connectivity index (χ4n) is 1.75. The Balaban J connectivity index is 0.00000361. The summed E-state index contributed by atoms with van der Waals surface area (Å²) in [6.45, 7) is 4.69. The number of nitrogens with one attached hydrogen (secondary N) is 1. The van der Waals surface area contributed by atoms with Crippen LogP contribution < -0.4 is 5.32 Å². The third-order valence-electron chi connectivity index (χ3n) is 2.66. The van der Waals surface area contributed by atoms with Crippen LogP contribution in [0.4, 0.5) is 0 Å². The normalized spacial score (nSPS) is 11.3. The highest BCUT2D eigenvalue weighted by molar-refractivity contribution is 5.87. The molecule has 0 spiro atoms. The van der Waals surface area contributed by atoms with Gasteiger partial charge in [0.2, 0.25) is 0 Å². The Kier molecular flexibility index (Phi) is 8.59. The van der Waals surface area contributed by atoms with Crippen LogP contribution >= 0.6 is 12.4 Å². The maximum Gasteiger partial charge on any atom is 0.335 e. The first-order valence-corrected chi connectivity index (χ1v) is 6.30. The van der Waals surface area contributed by atoms with Crippen molar-refractivity contribution in [3.8, 4) is 0 Å². The summed E-state index contributed by atoms with van der Waals surface area (Å²) in [5.74, 6) is -1.24. The predicted octanol–water partition coefficient (Wildman–Crippen LogP) is 1.89. The lowest BCUT2D eigenvalue weighted by atomic mass is 10.0. The van der Waals surface area contributed by atoms with Gasteiger partial charge in [-0.25, -0.2) is 4.79 Å². The Hall–Kier alpha value is -1.59. The van der Waals surface area contributed by atoms with Gasteiger partial charge in [-0.1, -0.05) is 19.1 Å². The molecule has 0 bridgehead atoms. The van der Waals surface area contributed by atoms with Crippen molar-refractivity contribution in [1.82, 2.24) is 5.32 Å². The summed E-state index contributed by atoms with van der Waals surface area (Å²) in [5, 5.41) is 11.9. The lowest BCUT2D eigenvalue weighted by Gasteiger charge is -2.16. The fourth-order valence-corrected chi connectivity index (χ4v) is 1.75. The maximum absolute atomic E-state index is 11.7. The van der Waals surface area contributed by atoms with Gasteiger partial charge in [-0.2, -0.15) is 0 Å². The zero-order valence-corrected chi connectivity index (χ0v) is 12.4. The summed E-state index contributed by atoms with van der Waals surface area (Å²) in [7, 11) is 0. The molecule has 1 atom stereocenters. The lowest BCUT2D eigenvalue weighted by molar-refractivity contribution is -0.145. The SMILES string of the molecule is CCN[C@H](Cc1ccc(C(=O)O)cc1)C(=O)OCC.Cl. The number of carboxylic acids is 1. The smallest absolute Gasteiger partial charge is 0.335 e. The van der Waals surface area contributed by atoms with Gasteiger partial charge < -0.3 is 15.2 Å². The summed E-state index contributed by atoms with van der Waals surface area (Å²) in [4.78, 5) is 22.5. The standard InChI is InChI=1S/C14H19NO4.ClH/c1-3-15-12(14(18)19-4-2)9-10-5-7-11(8-6-10)13(16)17;/h5-8,12,15H,3-4,9H2,1-2H3,(H,16,17);1H/t12-;/m1./s1. The summed E-state index contributed by atoms with van der Waals surface area (Å²) >= 11 is 0. The molecule has 1 rings (SSSR count). The molecule has 6 heteroatoms. The Bertz CT molecular complexity index is 433. The van der Waals surface area contributed by atoms with E-state index in [1.807, 2.05) is 6.92 Å². The molecule has 0 amide bonds. The second-order valence-electron chi connectivity index (χ2n) is 4.07. The Morgan fingerprint density at radius 2 is 1.85 bits per heavy atom. The molecule has 0 fully saturated rings. The second-order valence-corrected chi connectivity index (χ2v) is 4.07. The van der Waals surface area contributed by atoms with Crippen LogP contribution in [0.15, 0.2) is 24.3 Å². The van der Waals surface area contributed by atoms with Gasteiger partial charge in [-0.3, -0.25) is 4.79 Å². The van der Waals surface area contributed by atoms with Crippen LogP contribution in [-0.2, 0) is 16.0 Å². The molecular formula is C14H20ClNO4. The van der Waals surface area contributed by atoms with E-state index in [-0.39, 0.29) is 23.9 Å². The molecule has 2 N–H and O–H groups in total. The highest BCUT2D eigenvalue weighted by Gasteiger charge is 2.19. The molecule has 112 valence electrons. The molecule has 0 aliphatic carbocycles. The largest absolute Gasteiger partial charge is 0.478 e. The van der Waals surface area contributed by atoms with Crippen molar-refractivity contribution in [2.75, 3.05) is 13.2 Å². The van der Waals surface area contributed by atoms with Crippen LogP contribution in [-0.4, -0.2) is 36.2 Å². The van der Waals surface area contributed by atoms with E-state index in [0.29, 0.717) is 19.6 Å². The number of rotatable bonds is 7. The summed E-state index contributed by atoms with van der Waals surface area (Å²) in [6.07, 6.45) is 0.479. The molecule has 5 nitrogen and oxygen atoms in total. The first-order chi connectivity index (χ1) is 9.08. The maximum atomic E-state index is 11.7. The number of hydrogen-bond donors (Lipinski definition) is 2. The molecular weight excluding hydrogens is 282 g/mol. The average molecular weight is 302 g/mol. The van der Waals surface area contributed by atoms with E-state index in [9.17, 15) is 9.59 Å². The lowest BCUT2D eigenvalue weighted by Crippen LogP contribution is -2.39. The van der Waals surface area contributed by atoms with Gasteiger partial charge >= 0.3 is 11.9 Å². The summed E-state index contributed by atoms with van der Waals surface area (Å²) < 4.78 is 5.00. The number of likely N-dealkylation sites (N-methyl/N-ethyl adjacent to an activating group) is 1. The van der Waals surface area contributed by atoms with E-state index in [2.05, 4.69) is 5.32 Å². The zero-order chi connectivity index (χ0) is 14.3. The van der Waals surface area contributed by atoms with E-state index >= 15 is 0 Å². The third-order valence-corrected chi connectivity index (χ3v) is 2.66. The molecule has 0 heterocycles. The summed E-state index contributed by atoms with van der Waals surface area (Å²) in [5.41, 5.74) is 1.13. The van der Waals surface area contributed by atoms with Crippen LogP contribution in [0.1, 0.15) is 29.8 Å². The number of aromatic carboxylic acids is 1. The van der Waals surface area contributed by atoms with Gasteiger partial charge in [0, 0.05) is 0 Å². The van der Waals surface area contributed by atoms with E-state index in [0.717, 1.165) is 5.56 Å². The monoisotopic (exact) mass is 301 g/mol. The molecule has 0 aromatic heterocycles. The van der Waals surface area contributed by atoms with Gasteiger partial charge in [-0.15, -0.1) is 12.4 Å². The first kappa shape index (κ1) is 18.4. The van der Waals surface area contributed by atoms with Crippen molar-refractivity contribution in [3.05, 3.63) is 35.4 Å². The van der Waals surface area contributed by atoms with Crippen LogP contribution in [0, 0.1) is 0 Å².